The van der Waals surface area contributed by atoms with Gasteiger partial charge in [0.2, 0.25) is 0 Å². The van der Waals surface area contributed by atoms with E-state index in [1.165, 1.54) is 31.4 Å². The summed E-state index contributed by atoms with van der Waals surface area (Å²) in [5.41, 5.74) is 0. The molecule has 0 spiro atoms. The molecule has 3 nitrogen and oxygen atoms in total. The van der Waals surface area contributed by atoms with Gasteiger partial charge in [0.25, 0.3) is 0 Å². The Hall–Kier alpha value is -0.380. The van der Waals surface area contributed by atoms with E-state index in [4.69, 9.17) is 0 Å². The highest BCUT2D eigenvalue weighted by atomic mass is 32.2. The fourth-order valence-electron chi connectivity index (χ4n) is 1.72. The van der Waals surface area contributed by atoms with Crippen molar-refractivity contribution in [3.8, 4) is 0 Å². The minimum atomic E-state index is 0.0220. The Bertz CT molecular complexity index is 195. The van der Waals surface area contributed by atoms with Crippen LogP contribution in [0, 0.1) is 0 Å². The fourth-order valence-corrected chi connectivity index (χ4v) is 2.21. The molecule has 2 N–H and O–H groups in total. The van der Waals surface area contributed by atoms with Crippen LogP contribution >= 0.6 is 11.8 Å². The van der Waals surface area contributed by atoms with E-state index in [2.05, 4.69) is 16.9 Å². The molecule has 0 saturated heterocycles. The highest BCUT2D eigenvalue weighted by molar-refractivity contribution is 7.98. The predicted molar refractivity (Wildman–Crippen MR) is 71.0 cm³/mol. The zero-order valence-corrected chi connectivity index (χ0v) is 11.1. The average molecular weight is 244 g/mol. The maximum atomic E-state index is 11.4. The van der Waals surface area contributed by atoms with Gasteiger partial charge in [-0.3, -0.25) is 0 Å². The van der Waals surface area contributed by atoms with E-state index in [9.17, 15) is 4.79 Å². The van der Waals surface area contributed by atoms with Gasteiger partial charge in [-0.05, 0) is 44.1 Å². The molecule has 0 aromatic carbocycles. The molecule has 0 aliphatic heterocycles. The second-order valence-electron chi connectivity index (χ2n) is 4.44. The summed E-state index contributed by atoms with van der Waals surface area (Å²) in [5, 5.41) is 5.89. The molecule has 4 heteroatoms. The quantitative estimate of drug-likeness (QED) is 0.645. The fraction of sp³-hybridized carbons (Fsp3) is 0.917. The standard InChI is InChI=1S/C12H24N2OS/c1-16-10-5-3-2-4-9-13-12(15)14-11-7-6-8-11/h11H,2-10H2,1H3,(H2,13,14,15). The third-order valence-electron chi connectivity index (χ3n) is 3.00. The lowest BCUT2D eigenvalue weighted by Crippen LogP contribution is -2.45. The number of hydrogen-bond donors (Lipinski definition) is 2. The van der Waals surface area contributed by atoms with Crippen molar-refractivity contribution in [3.05, 3.63) is 0 Å². The molecule has 0 bridgehead atoms. The van der Waals surface area contributed by atoms with Gasteiger partial charge in [0.05, 0.1) is 0 Å². The SMILES string of the molecule is CSCCCCCCNC(=O)NC1CCC1. The molecule has 0 aromatic rings. The van der Waals surface area contributed by atoms with E-state index in [1.54, 1.807) is 0 Å². The average Bonchev–Trinajstić information content (AvgIpc) is 2.22. The zero-order valence-electron chi connectivity index (χ0n) is 10.3. The third-order valence-corrected chi connectivity index (χ3v) is 3.70. The minimum Gasteiger partial charge on any atom is -0.338 e. The van der Waals surface area contributed by atoms with Crippen LogP contribution in [0.3, 0.4) is 0 Å². The molecule has 0 atom stereocenters. The Morgan fingerprint density at radius 2 is 2.00 bits per heavy atom. The molecule has 16 heavy (non-hydrogen) atoms. The molecule has 0 unspecified atom stereocenters. The Morgan fingerprint density at radius 3 is 2.62 bits per heavy atom. The topological polar surface area (TPSA) is 41.1 Å². The van der Waals surface area contributed by atoms with Gasteiger partial charge in [0, 0.05) is 12.6 Å². The first kappa shape index (κ1) is 13.7. The highest BCUT2D eigenvalue weighted by Crippen LogP contribution is 2.17. The van der Waals surface area contributed by atoms with Crippen LogP contribution in [0.15, 0.2) is 0 Å². The van der Waals surface area contributed by atoms with E-state index < -0.39 is 0 Å². The molecule has 0 heterocycles. The van der Waals surface area contributed by atoms with E-state index in [1.807, 2.05) is 11.8 Å². The Morgan fingerprint density at radius 1 is 1.25 bits per heavy atom. The maximum absolute atomic E-state index is 11.4. The number of carbonyl (C=O) groups excluding carboxylic acids is 1. The van der Waals surface area contributed by atoms with E-state index in [-0.39, 0.29) is 6.03 Å². The van der Waals surface area contributed by atoms with Crippen LogP contribution in [-0.4, -0.2) is 30.6 Å². The van der Waals surface area contributed by atoms with Gasteiger partial charge in [0.15, 0.2) is 0 Å². The molecular formula is C12H24N2OS. The van der Waals surface area contributed by atoms with Crippen LogP contribution in [0.5, 0.6) is 0 Å². The third kappa shape index (κ3) is 6.26. The first-order valence-electron chi connectivity index (χ1n) is 6.36. The van der Waals surface area contributed by atoms with E-state index >= 15 is 0 Å². The maximum Gasteiger partial charge on any atom is 0.315 e. The van der Waals surface area contributed by atoms with Crippen LogP contribution in [0.4, 0.5) is 4.79 Å². The molecular weight excluding hydrogens is 220 g/mol. The number of hydrogen-bond acceptors (Lipinski definition) is 2. The van der Waals surface area contributed by atoms with Crippen molar-refractivity contribution in [2.24, 2.45) is 0 Å². The van der Waals surface area contributed by atoms with Gasteiger partial charge in [0.1, 0.15) is 0 Å². The van der Waals surface area contributed by atoms with Crippen molar-refractivity contribution in [2.75, 3.05) is 18.6 Å². The summed E-state index contributed by atoms with van der Waals surface area (Å²) in [7, 11) is 0. The number of nitrogens with one attached hydrogen (secondary N) is 2. The van der Waals surface area contributed by atoms with Crippen LogP contribution in [0.2, 0.25) is 0 Å². The van der Waals surface area contributed by atoms with Crippen molar-refractivity contribution in [1.29, 1.82) is 0 Å². The van der Waals surface area contributed by atoms with Gasteiger partial charge in [-0.2, -0.15) is 11.8 Å². The monoisotopic (exact) mass is 244 g/mol. The van der Waals surface area contributed by atoms with Crippen molar-refractivity contribution in [1.82, 2.24) is 10.6 Å². The van der Waals surface area contributed by atoms with Gasteiger partial charge >= 0.3 is 6.03 Å². The summed E-state index contributed by atoms with van der Waals surface area (Å²) in [5.74, 6) is 1.26. The lowest BCUT2D eigenvalue weighted by molar-refractivity contribution is 0.228. The summed E-state index contributed by atoms with van der Waals surface area (Å²) in [4.78, 5) is 11.4. The van der Waals surface area contributed by atoms with Crippen LogP contribution in [-0.2, 0) is 0 Å². The second kappa shape index (κ2) is 8.74. The predicted octanol–water partition coefficient (Wildman–Crippen LogP) is 2.76. The minimum absolute atomic E-state index is 0.0220. The van der Waals surface area contributed by atoms with Crippen LogP contribution in [0.25, 0.3) is 0 Å². The summed E-state index contributed by atoms with van der Waals surface area (Å²) in [6.45, 7) is 0.817. The summed E-state index contributed by atoms with van der Waals surface area (Å²) < 4.78 is 0. The number of unbranched alkanes of at least 4 members (excludes halogenated alkanes) is 3. The lowest BCUT2D eigenvalue weighted by atomic mass is 9.93. The van der Waals surface area contributed by atoms with Crippen molar-refractivity contribution >= 4 is 17.8 Å². The number of urea groups is 1. The van der Waals surface area contributed by atoms with Crippen LogP contribution in [0.1, 0.15) is 44.9 Å². The smallest absolute Gasteiger partial charge is 0.315 e. The molecule has 1 fully saturated rings. The number of carbonyl (C=O) groups is 1. The lowest BCUT2D eigenvalue weighted by Gasteiger charge is -2.26. The second-order valence-corrected chi connectivity index (χ2v) is 5.42. The van der Waals surface area contributed by atoms with Gasteiger partial charge < -0.3 is 10.6 Å². The van der Waals surface area contributed by atoms with E-state index in [0.717, 1.165) is 25.8 Å². The first-order valence-corrected chi connectivity index (χ1v) is 7.75. The Balaban J connectivity index is 1.80. The van der Waals surface area contributed by atoms with Gasteiger partial charge in [-0.25, -0.2) is 4.79 Å². The molecule has 2 amide bonds. The summed E-state index contributed by atoms with van der Waals surface area (Å²) in [6.07, 6.45) is 10.6. The highest BCUT2D eigenvalue weighted by Gasteiger charge is 2.18. The number of rotatable bonds is 8. The molecule has 1 aliphatic rings. The molecule has 0 radical (unpaired) electrons. The van der Waals surface area contributed by atoms with Crippen LogP contribution < -0.4 is 10.6 Å². The Labute approximate surface area is 103 Å². The molecule has 0 aromatic heterocycles. The normalized spacial score (nSPS) is 15.6. The molecule has 1 aliphatic carbocycles. The van der Waals surface area contributed by atoms with Gasteiger partial charge in [-0.15, -0.1) is 0 Å². The van der Waals surface area contributed by atoms with E-state index in [0.29, 0.717) is 6.04 Å². The Kier molecular flexibility index (Phi) is 7.47. The summed E-state index contributed by atoms with van der Waals surface area (Å²) >= 11 is 1.91. The van der Waals surface area contributed by atoms with Crippen molar-refractivity contribution in [2.45, 2.75) is 51.0 Å². The number of thioether (sulfide) groups is 1. The summed E-state index contributed by atoms with van der Waals surface area (Å²) in [6, 6.07) is 0.468. The zero-order chi connectivity index (χ0) is 11.6. The molecule has 1 saturated carbocycles. The van der Waals surface area contributed by atoms with Gasteiger partial charge in [-0.1, -0.05) is 12.8 Å². The number of amides is 2. The molecule has 1 rings (SSSR count). The first-order chi connectivity index (χ1) is 7.83. The molecule has 94 valence electrons. The van der Waals surface area contributed by atoms with Crippen molar-refractivity contribution in [3.63, 3.8) is 0 Å². The van der Waals surface area contributed by atoms with Crippen molar-refractivity contribution < 1.29 is 4.79 Å². The largest absolute Gasteiger partial charge is 0.338 e.